The quantitative estimate of drug-likeness (QED) is 0.888. The maximum atomic E-state index is 13.4. The minimum atomic E-state index is -0.289. The van der Waals surface area contributed by atoms with Crippen LogP contribution in [-0.2, 0) is 13.1 Å². The SMILES string of the molecule is CN(Cc1cscn1)c1ncc(F)cc1CNC1CC1. The lowest BCUT2D eigenvalue weighted by atomic mass is 10.2. The maximum Gasteiger partial charge on any atom is 0.141 e. The van der Waals surface area contributed by atoms with Gasteiger partial charge in [0.15, 0.2) is 0 Å². The van der Waals surface area contributed by atoms with Crippen LogP contribution < -0.4 is 10.2 Å². The Bertz CT molecular complexity index is 569. The molecule has 20 heavy (non-hydrogen) atoms. The predicted octanol–water partition coefficient (Wildman–Crippen LogP) is 2.57. The van der Waals surface area contributed by atoms with Crippen LogP contribution in [0.2, 0.25) is 0 Å². The highest BCUT2D eigenvalue weighted by Crippen LogP contribution is 2.23. The zero-order valence-electron chi connectivity index (χ0n) is 11.3. The van der Waals surface area contributed by atoms with Crippen LogP contribution in [0.1, 0.15) is 24.1 Å². The monoisotopic (exact) mass is 292 g/mol. The van der Waals surface area contributed by atoms with E-state index >= 15 is 0 Å². The first-order valence-corrected chi connectivity index (χ1v) is 7.62. The summed E-state index contributed by atoms with van der Waals surface area (Å²) in [6.45, 7) is 1.34. The lowest BCUT2D eigenvalue weighted by Gasteiger charge is -2.20. The van der Waals surface area contributed by atoms with E-state index in [-0.39, 0.29) is 5.82 Å². The van der Waals surface area contributed by atoms with Gasteiger partial charge >= 0.3 is 0 Å². The Kier molecular flexibility index (Phi) is 3.93. The van der Waals surface area contributed by atoms with Crippen molar-refractivity contribution in [3.63, 3.8) is 0 Å². The van der Waals surface area contributed by atoms with Crippen LogP contribution in [0.5, 0.6) is 0 Å². The van der Waals surface area contributed by atoms with Crippen molar-refractivity contribution in [1.29, 1.82) is 0 Å². The summed E-state index contributed by atoms with van der Waals surface area (Å²) in [5.74, 6) is 0.524. The normalized spacial score (nSPS) is 14.5. The van der Waals surface area contributed by atoms with Gasteiger partial charge in [0.1, 0.15) is 11.6 Å². The molecule has 4 nitrogen and oxygen atoms in total. The maximum absolute atomic E-state index is 13.4. The summed E-state index contributed by atoms with van der Waals surface area (Å²) in [5, 5.41) is 5.42. The molecular weight excluding hydrogens is 275 g/mol. The second kappa shape index (κ2) is 5.85. The summed E-state index contributed by atoms with van der Waals surface area (Å²) in [7, 11) is 1.96. The number of anilines is 1. The molecule has 6 heteroatoms. The Morgan fingerprint density at radius 3 is 3.00 bits per heavy atom. The third-order valence-electron chi connectivity index (χ3n) is 3.31. The van der Waals surface area contributed by atoms with Crippen LogP contribution in [0.4, 0.5) is 10.2 Å². The zero-order valence-corrected chi connectivity index (χ0v) is 12.2. The van der Waals surface area contributed by atoms with Crippen molar-refractivity contribution in [3.05, 3.63) is 40.2 Å². The third kappa shape index (κ3) is 3.32. The van der Waals surface area contributed by atoms with Gasteiger partial charge in [-0.25, -0.2) is 14.4 Å². The molecule has 1 aliphatic rings. The second-order valence-electron chi connectivity index (χ2n) is 5.13. The fourth-order valence-corrected chi connectivity index (χ4v) is 2.67. The van der Waals surface area contributed by atoms with Crippen LogP contribution in [-0.4, -0.2) is 23.1 Å². The van der Waals surface area contributed by atoms with Crippen molar-refractivity contribution in [2.75, 3.05) is 11.9 Å². The van der Waals surface area contributed by atoms with E-state index in [4.69, 9.17) is 0 Å². The van der Waals surface area contributed by atoms with E-state index in [2.05, 4.69) is 15.3 Å². The standard InChI is InChI=1S/C14H17FN4S/c1-19(7-13-8-20-9-18-13)14-10(4-11(15)6-17-14)5-16-12-2-3-12/h4,6,8-9,12,16H,2-3,5,7H2,1H3. The lowest BCUT2D eigenvalue weighted by Crippen LogP contribution is -2.23. The highest BCUT2D eigenvalue weighted by molar-refractivity contribution is 7.07. The molecule has 106 valence electrons. The number of thiazole rings is 1. The van der Waals surface area contributed by atoms with Gasteiger partial charge < -0.3 is 10.2 Å². The van der Waals surface area contributed by atoms with Gasteiger partial charge in [-0.2, -0.15) is 0 Å². The zero-order chi connectivity index (χ0) is 13.9. The molecular formula is C14H17FN4S. The summed E-state index contributed by atoms with van der Waals surface area (Å²) >= 11 is 1.58. The number of hydrogen-bond donors (Lipinski definition) is 1. The van der Waals surface area contributed by atoms with Crippen molar-refractivity contribution in [1.82, 2.24) is 15.3 Å². The van der Waals surface area contributed by atoms with E-state index in [1.54, 1.807) is 17.4 Å². The number of aromatic nitrogens is 2. The van der Waals surface area contributed by atoms with Crippen LogP contribution in [0.3, 0.4) is 0 Å². The average Bonchev–Trinajstić information content (AvgIpc) is 3.13. The van der Waals surface area contributed by atoms with Gasteiger partial charge in [0.05, 0.1) is 23.9 Å². The molecule has 0 unspecified atom stereocenters. The molecule has 0 spiro atoms. The highest BCUT2D eigenvalue weighted by Gasteiger charge is 2.21. The van der Waals surface area contributed by atoms with Gasteiger partial charge in [0.25, 0.3) is 0 Å². The first-order chi connectivity index (χ1) is 9.72. The number of halogens is 1. The van der Waals surface area contributed by atoms with E-state index in [0.717, 1.165) is 17.1 Å². The van der Waals surface area contributed by atoms with Gasteiger partial charge in [0.2, 0.25) is 0 Å². The second-order valence-corrected chi connectivity index (χ2v) is 5.85. The Morgan fingerprint density at radius 2 is 2.30 bits per heavy atom. The summed E-state index contributed by atoms with van der Waals surface area (Å²) < 4.78 is 13.4. The van der Waals surface area contributed by atoms with E-state index in [0.29, 0.717) is 19.1 Å². The van der Waals surface area contributed by atoms with Crippen molar-refractivity contribution in [2.24, 2.45) is 0 Å². The van der Waals surface area contributed by atoms with Crippen molar-refractivity contribution >= 4 is 17.2 Å². The molecule has 0 radical (unpaired) electrons. The molecule has 1 N–H and O–H groups in total. The minimum absolute atomic E-state index is 0.289. The van der Waals surface area contributed by atoms with E-state index in [1.165, 1.54) is 19.0 Å². The largest absolute Gasteiger partial charge is 0.353 e. The molecule has 0 bridgehead atoms. The number of nitrogens with one attached hydrogen (secondary N) is 1. The molecule has 1 saturated carbocycles. The Morgan fingerprint density at radius 1 is 1.45 bits per heavy atom. The molecule has 1 aliphatic carbocycles. The van der Waals surface area contributed by atoms with Crippen molar-refractivity contribution in [3.8, 4) is 0 Å². The predicted molar refractivity (Wildman–Crippen MR) is 78.3 cm³/mol. The Labute approximate surface area is 121 Å². The smallest absolute Gasteiger partial charge is 0.141 e. The van der Waals surface area contributed by atoms with Crippen LogP contribution in [0.25, 0.3) is 0 Å². The molecule has 0 amide bonds. The third-order valence-corrected chi connectivity index (χ3v) is 3.95. The molecule has 2 heterocycles. The summed E-state index contributed by atoms with van der Waals surface area (Å²) in [4.78, 5) is 10.5. The van der Waals surface area contributed by atoms with E-state index in [1.807, 2.05) is 22.8 Å². The van der Waals surface area contributed by atoms with Crippen LogP contribution in [0.15, 0.2) is 23.2 Å². The number of nitrogens with zero attached hydrogens (tertiary/aromatic N) is 3. The molecule has 2 aromatic heterocycles. The van der Waals surface area contributed by atoms with Gasteiger partial charge in [-0.3, -0.25) is 0 Å². The number of rotatable bonds is 6. The molecule has 0 aromatic carbocycles. The highest BCUT2D eigenvalue weighted by atomic mass is 32.1. The molecule has 3 rings (SSSR count). The first kappa shape index (κ1) is 13.5. The summed E-state index contributed by atoms with van der Waals surface area (Å²) in [6.07, 6.45) is 3.70. The summed E-state index contributed by atoms with van der Waals surface area (Å²) in [6, 6.07) is 2.16. The molecule has 0 aliphatic heterocycles. The van der Waals surface area contributed by atoms with Gasteiger partial charge in [-0.05, 0) is 18.9 Å². The topological polar surface area (TPSA) is 41.1 Å². The molecule has 2 aromatic rings. The van der Waals surface area contributed by atoms with E-state index in [9.17, 15) is 4.39 Å². The average molecular weight is 292 g/mol. The number of pyridine rings is 1. The van der Waals surface area contributed by atoms with E-state index < -0.39 is 0 Å². The van der Waals surface area contributed by atoms with Crippen molar-refractivity contribution < 1.29 is 4.39 Å². The minimum Gasteiger partial charge on any atom is -0.353 e. The van der Waals surface area contributed by atoms with Gasteiger partial charge in [-0.1, -0.05) is 0 Å². The van der Waals surface area contributed by atoms with Crippen molar-refractivity contribution in [2.45, 2.75) is 32.0 Å². The first-order valence-electron chi connectivity index (χ1n) is 6.68. The van der Waals surface area contributed by atoms with Crippen LogP contribution in [0, 0.1) is 5.82 Å². The summed E-state index contributed by atoms with van der Waals surface area (Å²) in [5.41, 5.74) is 3.72. The molecule has 0 atom stereocenters. The fraction of sp³-hybridized carbons (Fsp3) is 0.429. The Hall–Kier alpha value is -1.53. The molecule has 1 fully saturated rings. The van der Waals surface area contributed by atoms with Gasteiger partial charge in [-0.15, -0.1) is 11.3 Å². The van der Waals surface area contributed by atoms with Crippen LogP contribution >= 0.6 is 11.3 Å². The number of hydrogen-bond acceptors (Lipinski definition) is 5. The fourth-order valence-electron chi connectivity index (χ4n) is 2.12. The Balaban J connectivity index is 1.75. The lowest BCUT2D eigenvalue weighted by molar-refractivity contribution is 0.610. The van der Waals surface area contributed by atoms with Gasteiger partial charge in [0, 0.05) is 30.6 Å². The molecule has 0 saturated heterocycles.